The number of carboxylic acids is 1. The lowest BCUT2D eigenvalue weighted by Gasteiger charge is -2.10. The summed E-state index contributed by atoms with van der Waals surface area (Å²) in [5.74, 6) is -1.69. The minimum absolute atomic E-state index is 0.00425. The Balaban J connectivity index is 2.14. The standard InChI is InChI=1S/C13H11FN2O3S/c1-7-3-2-4-9(14)10(7)15-13(19)16-11-8(12(17)18)5-6-20-11/h2-6H,1H3,(H,17,18)(H2,15,16,19). The third-order valence-corrected chi connectivity index (χ3v) is 3.41. The van der Waals surface area contributed by atoms with Crippen LogP contribution in [0.1, 0.15) is 15.9 Å². The fourth-order valence-corrected chi connectivity index (χ4v) is 2.39. The molecule has 1 aromatic heterocycles. The highest BCUT2D eigenvalue weighted by atomic mass is 32.1. The Bertz CT molecular complexity index is 649. The van der Waals surface area contributed by atoms with Crippen LogP contribution in [0, 0.1) is 12.7 Å². The molecule has 1 heterocycles. The number of carbonyl (C=O) groups excluding carboxylic acids is 1. The van der Waals surface area contributed by atoms with E-state index in [2.05, 4.69) is 10.6 Å². The molecule has 0 spiro atoms. The highest BCUT2D eigenvalue weighted by Gasteiger charge is 2.15. The van der Waals surface area contributed by atoms with Crippen LogP contribution in [0.4, 0.5) is 19.9 Å². The number of halogens is 1. The molecular formula is C13H11FN2O3S. The summed E-state index contributed by atoms with van der Waals surface area (Å²) in [7, 11) is 0. The molecule has 0 saturated carbocycles. The lowest BCUT2D eigenvalue weighted by atomic mass is 10.2. The molecular weight excluding hydrogens is 283 g/mol. The molecule has 3 N–H and O–H groups in total. The summed E-state index contributed by atoms with van der Waals surface area (Å²) in [6.07, 6.45) is 0. The fourth-order valence-electron chi connectivity index (χ4n) is 1.61. The molecule has 2 rings (SSSR count). The molecule has 20 heavy (non-hydrogen) atoms. The first-order valence-corrected chi connectivity index (χ1v) is 6.51. The third-order valence-electron chi connectivity index (χ3n) is 2.58. The van der Waals surface area contributed by atoms with Crippen LogP contribution in [0.5, 0.6) is 0 Å². The second-order valence-corrected chi connectivity index (χ2v) is 4.90. The molecule has 2 amide bonds. The predicted molar refractivity (Wildman–Crippen MR) is 75.1 cm³/mol. The Kier molecular flexibility index (Phi) is 3.99. The second kappa shape index (κ2) is 5.70. The van der Waals surface area contributed by atoms with E-state index < -0.39 is 17.8 Å². The Morgan fingerprint density at radius 2 is 2.00 bits per heavy atom. The number of aromatic carboxylic acids is 1. The SMILES string of the molecule is Cc1cccc(F)c1NC(=O)Nc1sccc1C(=O)O. The summed E-state index contributed by atoms with van der Waals surface area (Å²) < 4.78 is 13.6. The van der Waals surface area contributed by atoms with Gasteiger partial charge in [0.2, 0.25) is 0 Å². The van der Waals surface area contributed by atoms with E-state index in [4.69, 9.17) is 5.11 Å². The van der Waals surface area contributed by atoms with E-state index in [1.807, 2.05) is 0 Å². The number of anilines is 2. The number of benzene rings is 1. The molecule has 0 aliphatic rings. The maximum atomic E-state index is 13.6. The highest BCUT2D eigenvalue weighted by Crippen LogP contribution is 2.24. The number of nitrogens with one attached hydrogen (secondary N) is 2. The van der Waals surface area contributed by atoms with Gasteiger partial charge < -0.3 is 10.4 Å². The van der Waals surface area contributed by atoms with Gasteiger partial charge in [-0.25, -0.2) is 14.0 Å². The monoisotopic (exact) mass is 294 g/mol. The average Bonchev–Trinajstić information content (AvgIpc) is 2.82. The van der Waals surface area contributed by atoms with Crippen molar-refractivity contribution in [1.29, 1.82) is 0 Å². The molecule has 0 fully saturated rings. The van der Waals surface area contributed by atoms with Gasteiger partial charge in [0.15, 0.2) is 0 Å². The minimum atomic E-state index is -1.14. The van der Waals surface area contributed by atoms with E-state index in [1.165, 1.54) is 18.2 Å². The number of aryl methyl sites for hydroxylation is 1. The molecule has 0 atom stereocenters. The van der Waals surface area contributed by atoms with E-state index in [0.717, 1.165) is 11.3 Å². The molecule has 0 bridgehead atoms. The van der Waals surface area contributed by atoms with Crippen molar-refractivity contribution < 1.29 is 19.1 Å². The van der Waals surface area contributed by atoms with Crippen molar-refractivity contribution in [3.05, 3.63) is 46.6 Å². The molecule has 0 radical (unpaired) electrons. The van der Waals surface area contributed by atoms with Gasteiger partial charge in [-0.2, -0.15) is 0 Å². The molecule has 0 unspecified atom stereocenters. The summed E-state index contributed by atoms with van der Waals surface area (Å²) in [4.78, 5) is 22.7. The van der Waals surface area contributed by atoms with Crippen LogP contribution >= 0.6 is 11.3 Å². The average molecular weight is 294 g/mol. The quantitative estimate of drug-likeness (QED) is 0.810. The molecule has 1 aromatic carbocycles. The van der Waals surface area contributed by atoms with Crippen molar-refractivity contribution >= 4 is 34.0 Å². The molecule has 7 heteroatoms. The van der Waals surface area contributed by atoms with Gasteiger partial charge in [-0.3, -0.25) is 5.32 Å². The van der Waals surface area contributed by atoms with Gasteiger partial charge in [0.25, 0.3) is 0 Å². The first-order valence-electron chi connectivity index (χ1n) is 5.63. The Hall–Kier alpha value is -2.41. The summed E-state index contributed by atoms with van der Waals surface area (Å²) in [6.45, 7) is 1.66. The number of carbonyl (C=O) groups is 2. The summed E-state index contributed by atoms with van der Waals surface area (Å²) in [6, 6.07) is 5.12. The van der Waals surface area contributed by atoms with Crippen LogP contribution in [0.15, 0.2) is 29.6 Å². The van der Waals surface area contributed by atoms with Crippen molar-refractivity contribution in [3.63, 3.8) is 0 Å². The van der Waals surface area contributed by atoms with Crippen molar-refractivity contribution in [2.45, 2.75) is 6.92 Å². The number of carboxylic acid groups (broad SMARTS) is 1. The fraction of sp³-hybridized carbons (Fsp3) is 0.0769. The van der Waals surface area contributed by atoms with Crippen LogP contribution in [0.2, 0.25) is 0 Å². The summed E-state index contributed by atoms with van der Waals surface area (Å²) >= 11 is 1.08. The van der Waals surface area contributed by atoms with Crippen LogP contribution in [0.3, 0.4) is 0 Å². The Labute approximate surface area is 118 Å². The minimum Gasteiger partial charge on any atom is -0.478 e. The maximum absolute atomic E-state index is 13.6. The van der Waals surface area contributed by atoms with Gasteiger partial charge in [-0.15, -0.1) is 11.3 Å². The highest BCUT2D eigenvalue weighted by molar-refractivity contribution is 7.14. The second-order valence-electron chi connectivity index (χ2n) is 3.98. The van der Waals surface area contributed by atoms with Crippen molar-refractivity contribution in [2.24, 2.45) is 0 Å². The topological polar surface area (TPSA) is 78.4 Å². The number of urea groups is 1. The zero-order valence-electron chi connectivity index (χ0n) is 10.4. The van der Waals surface area contributed by atoms with E-state index in [9.17, 15) is 14.0 Å². The van der Waals surface area contributed by atoms with E-state index in [0.29, 0.717) is 5.56 Å². The van der Waals surface area contributed by atoms with Gasteiger partial charge in [0.1, 0.15) is 10.8 Å². The van der Waals surface area contributed by atoms with Gasteiger partial charge in [-0.1, -0.05) is 12.1 Å². The zero-order chi connectivity index (χ0) is 14.7. The lowest BCUT2D eigenvalue weighted by Crippen LogP contribution is -2.21. The maximum Gasteiger partial charge on any atom is 0.338 e. The number of rotatable bonds is 3. The van der Waals surface area contributed by atoms with Gasteiger partial charge >= 0.3 is 12.0 Å². The number of amides is 2. The van der Waals surface area contributed by atoms with Gasteiger partial charge in [0, 0.05) is 0 Å². The normalized spacial score (nSPS) is 10.1. The lowest BCUT2D eigenvalue weighted by molar-refractivity contribution is 0.0698. The zero-order valence-corrected chi connectivity index (χ0v) is 11.3. The molecule has 0 aliphatic heterocycles. The Morgan fingerprint density at radius 3 is 2.65 bits per heavy atom. The van der Waals surface area contributed by atoms with E-state index >= 15 is 0 Å². The van der Waals surface area contributed by atoms with Gasteiger partial charge in [0.05, 0.1) is 11.3 Å². The van der Waals surface area contributed by atoms with Crippen molar-refractivity contribution in [2.75, 3.05) is 10.6 Å². The summed E-state index contributed by atoms with van der Waals surface area (Å²) in [5.41, 5.74) is 0.638. The van der Waals surface area contributed by atoms with E-state index in [-0.39, 0.29) is 16.3 Å². The smallest absolute Gasteiger partial charge is 0.338 e. The van der Waals surface area contributed by atoms with Crippen molar-refractivity contribution in [1.82, 2.24) is 0 Å². The molecule has 5 nitrogen and oxygen atoms in total. The van der Waals surface area contributed by atoms with Crippen LogP contribution in [-0.2, 0) is 0 Å². The third kappa shape index (κ3) is 2.94. The van der Waals surface area contributed by atoms with Crippen LogP contribution < -0.4 is 10.6 Å². The van der Waals surface area contributed by atoms with E-state index in [1.54, 1.807) is 18.4 Å². The number of thiophene rings is 1. The molecule has 0 saturated heterocycles. The first-order chi connectivity index (χ1) is 9.49. The number of hydrogen-bond acceptors (Lipinski definition) is 3. The van der Waals surface area contributed by atoms with Crippen LogP contribution in [-0.4, -0.2) is 17.1 Å². The molecule has 0 aliphatic carbocycles. The van der Waals surface area contributed by atoms with Crippen molar-refractivity contribution in [3.8, 4) is 0 Å². The molecule has 2 aromatic rings. The Morgan fingerprint density at radius 1 is 1.25 bits per heavy atom. The first kappa shape index (κ1) is 14.0. The van der Waals surface area contributed by atoms with Gasteiger partial charge in [-0.05, 0) is 30.0 Å². The molecule has 104 valence electrons. The number of hydrogen-bond donors (Lipinski definition) is 3. The summed E-state index contributed by atoms with van der Waals surface area (Å²) in [5, 5.41) is 15.4. The largest absolute Gasteiger partial charge is 0.478 e. The predicted octanol–water partition coefficient (Wildman–Crippen LogP) is 3.54. The van der Waals surface area contributed by atoms with Crippen LogP contribution in [0.25, 0.3) is 0 Å². The number of para-hydroxylation sites is 1.